The zero-order valence-electron chi connectivity index (χ0n) is 37.2. The van der Waals surface area contributed by atoms with Crippen LogP contribution in [0.2, 0.25) is 0 Å². The second-order valence-corrected chi connectivity index (χ2v) is 16.2. The number of allylic oxidation sites excluding steroid dienone is 1. The van der Waals surface area contributed by atoms with Gasteiger partial charge in [0, 0.05) is 31.1 Å². The molecule has 5 rings (SSSR count). The highest BCUT2D eigenvalue weighted by molar-refractivity contribution is 6.06. The minimum Gasteiger partial charge on any atom is -0.508 e. The van der Waals surface area contributed by atoms with E-state index in [0.29, 0.717) is 55.3 Å². The first kappa shape index (κ1) is 47.4. The van der Waals surface area contributed by atoms with Gasteiger partial charge in [0.15, 0.2) is 0 Å². The number of nitrogens with one attached hydrogen (secondary N) is 1. The molecule has 4 atom stereocenters. The number of aromatic hydroxyl groups is 1. The summed E-state index contributed by atoms with van der Waals surface area (Å²) in [6, 6.07) is 15.4. The van der Waals surface area contributed by atoms with Gasteiger partial charge in [0.2, 0.25) is 5.91 Å². The standard InChI is InChI=1S/C38H44FN3O2.C11H24.C2H6/c1-6-13-30-32(34-36(25(4)24(3)7-2)42(5)37(44)38(34)17-12-19-41-23-38)21-27(15-10-11-18-40)33(35(30)39)31-22-28(43)20-26-14-8-9-16-29(26)31;1-5-8-9-11(7-3)10(4)6-2;1-2/h8-9,14,16,20-22,24,41,43H,4,6-7,10-13,15,17,19,23H2,1-3,5H3;10-11H,5-9H2,1-4H3;1-2H3. The van der Waals surface area contributed by atoms with Crippen molar-refractivity contribution in [3.8, 4) is 22.9 Å². The van der Waals surface area contributed by atoms with E-state index in [1.165, 1.54) is 32.1 Å². The molecule has 0 aromatic heterocycles. The van der Waals surface area contributed by atoms with Gasteiger partial charge in [-0.25, -0.2) is 4.39 Å². The molecule has 6 heteroatoms. The number of hydrogen-bond acceptors (Lipinski definition) is 4. The Morgan fingerprint density at radius 1 is 1.00 bits per heavy atom. The maximum absolute atomic E-state index is 17.5. The minimum atomic E-state index is -0.809. The zero-order valence-corrected chi connectivity index (χ0v) is 37.2. The van der Waals surface area contributed by atoms with Crippen molar-refractivity contribution in [2.45, 2.75) is 146 Å². The molecule has 0 saturated carbocycles. The van der Waals surface area contributed by atoms with Crippen LogP contribution in [0.25, 0.3) is 27.5 Å². The lowest BCUT2D eigenvalue weighted by Crippen LogP contribution is -2.47. The summed E-state index contributed by atoms with van der Waals surface area (Å²) in [5.74, 6) is 1.87. The molecule has 5 nitrogen and oxygen atoms in total. The van der Waals surface area contributed by atoms with Crippen molar-refractivity contribution in [3.05, 3.63) is 82.8 Å². The number of carbonyl (C=O) groups excluding carboxylic acids is 1. The van der Waals surface area contributed by atoms with Crippen LogP contribution in [0.15, 0.2) is 60.3 Å². The number of benzene rings is 3. The lowest BCUT2D eigenvalue weighted by Gasteiger charge is -2.36. The van der Waals surface area contributed by atoms with Crippen LogP contribution in [0.5, 0.6) is 5.75 Å². The number of nitrogens with zero attached hydrogens (tertiary/aromatic N) is 2. The predicted molar refractivity (Wildman–Crippen MR) is 240 cm³/mol. The number of aryl methyl sites for hydroxylation is 1. The molecular weight excluding hydrogens is 706 g/mol. The van der Waals surface area contributed by atoms with Crippen molar-refractivity contribution in [1.82, 2.24) is 10.2 Å². The number of halogens is 1. The Hall–Kier alpha value is -3.95. The second kappa shape index (κ2) is 22.8. The lowest BCUT2D eigenvalue weighted by atomic mass is 9.70. The Balaban J connectivity index is 0.000000579. The number of fused-ring (bicyclic) bond motifs is 1. The molecule has 3 aromatic carbocycles. The van der Waals surface area contributed by atoms with E-state index in [-0.39, 0.29) is 23.4 Å². The number of rotatable bonds is 16. The number of likely N-dealkylation sites (N-methyl/N-ethyl adjacent to an activating group) is 1. The average molecular weight is 780 g/mol. The summed E-state index contributed by atoms with van der Waals surface area (Å²) in [5.41, 5.74) is 5.07. The van der Waals surface area contributed by atoms with Gasteiger partial charge in [-0.1, -0.05) is 138 Å². The molecule has 1 spiro atoms. The fourth-order valence-electron chi connectivity index (χ4n) is 8.97. The third-order valence-corrected chi connectivity index (χ3v) is 12.6. The van der Waals surface area contributed by atoms with Crippen molar-refractivity contribution < 1.29 is 14.3 Å². The molecule has 1 amide bonds. The molecular formula is C51H74FN3O2. The number of piperidine rings is 1. The molecule has 2 aliphatic rings. The molecule has 312 valence electrons. The molecule has 2 heterocycles. The number of hydrogen-bond donors (Lipinski definition) is 2. The Kier molecular flexibility index (Phi) is 19.0. The molecule has 0 bridgehead atoms. The van der Waals surface area contributed by atoms with Crippen LogP contribution in [0.1, 0.15) is 150 Å². The zero-order chi connectivity index (χ0) is 42.3. The monoisotopic (exact) mass is 780 g/mol. The van der Waals surface area contributed by atoms with Crippen molar-refractivity contribution in [1.29, 1.82) is 5.26 Å². The topological polar surface area (TPSA) is 76.4 Å². The summed E-state index contributed by atoms with van der Waals surface area (Å²) in [4.78, 5) is 16.0. The van der Waals surface area contributed by atoms with Gasteiger partial charge in [0.25, 0.3) is 0 Å². The first-order valence-electron chi connectivity index (χ1n) is 22.3. The van der Waals surface area contributed by atoms with Crippen molar-refractivity contribution in [2.24, 2.45) is 23.2 Å². The van der Waals surface area contributed by atoms with Crippen LogP contribution in [-0.4, -0.2) is 36.1 Å². The third kappa shape index (κ3) is 10.6. The van der Waals surface area contributed by atoms with Gasteiger partial charge >= 0.3 is 0 Å². The summed E-state index contributed by atoms with van der Waals surface area (Å²) in [7, 11) is 1.84. The highest BCUT2D eigenvalue weighted by atomic mass is 19.1. The largest absolute Gasteiger partial charge is 0.508 e. The summed E-state index contributed by atoms with van der Waals surface area (Å²) in [6.07, 6.45) is 12.0. The van der Waals surface area contributed by atoms with Crippen LogP contribution in [0, 0.1) is 40.3 Å². The van der Waals surface area contributed by atoms with Crippen LogP contribution in [-0.2, 0) is 17.6 Å². The summed E-state index contributed by atoms with van der Waals surface area (Å²) >= 11 is 0. The fraction of sp³-hybridized carbons (Fsp3) is 0.569. The Morgan fingerprint density at radius 3 is 2.32 bits per heavy atom. The fourth-order valence-corrected chi connectivity index (χ4v) is 8.97. The number of carbonyl (C=O) groups is 1. The number of phenolic OH excluding ortho intramolecular Hbond substituents is 1. The van der Waals surface area contributed by atoms with E-state index < -0.39 is 5.41 Å². The molecule has 2 aliphatic heterocycles. The third-order valence-electron chi connectivity index (χ3n) is 12.6. The van der Waals surface area contributed by atoms with Crippen LogP contribution in [0.3, 0.4) is 0 Å². The Bertz CT molecular complexity index is 1860. The van der Waals surface area contributed by atoms with Crippen molar-refractivity contribution in [2.75, 3.05) is 20.1 Å². The lowest BCUT2D eigenvalue weighted by molar-refractivity contribution is -0.134. The number of nitriles is 1. The quantitative estimate of drug-likeness (QED) is 0.142. The van der Waals surface area contributed by atoms with E-state index in [4.69, 9.17) is 0 Å². The molecule has 1 fully saturated rings. The van der Waals surface area contributed by atoms with Gasteiger partial charge in [-0.3, -0.25) is 4.79 Å². The minimum absolute atomic E-state index is 0.0380. The van der Waals surface area contributed by atoms with Gasteiger partial charge in [-0.15, -0.1) is 0 Å². The van der Waals surface area contributed by atoms with E-state index in [2.05, 4.69) is 65.6 Å². The van der Waals surface area contributed by atoms with E-state index in [0.717, 1.165) is 76.4 Å². The van der Waals surface area contributed by atoms with E-state index >= 15 is 4.39 Å². The molecule has 2 N–H and O–H groups in total. The van der Waals surface area contributed by atoms with E-state index in [1.54, 1.807) is 17.0 Å². The van der Waals surface area contributed by atoms with Gasteiger partial charge < -0.3 is 15.3 Å². The number of amides is 1. The first-order valence-corrected chi connectivity index (χ1v) is 22.3. The molecule has 0 aliphatic carbocycles. The smallest absolute Gasteiger partial charge is 0.238 e. The number of unbranched alkanes of at least 4 members (excludes halogenated alkanes) is 2. The highest BCUT2D eigenvalue weighted by Crippen LogP contribution is 2.54. The van der Waals surface area contributed by atoms with E-state index in [9.17, 15) is 15.2 Å². The number of phenols is 1. The molecule has 57 heavy (non-hydrogen) atoms. The van der Waals surface area contributed by atoms with Crippen molar-refractivity contribution in [3.63, 3.8) is 0 Å². The average Bonchev–Trinajstić information content (AvgIpc) is 3.43. The molecule has 3 aromatic rings. The molecule has 0 radical (unpaired) electrons. The Morgan fingerprint density at radius 2 is 1.72 bits per heavy atom. The van der Waals surface area contributed by atoms with Gasteiger partial charge in [-0.2, -0.15) is 5.26 Å². The Labute approximate surface area is 345 Å². The van der Waals surface area contributed by atoms with Crippen LogP contribution < -0.4 is 5.32 Å². The van der Waals surface area contributed by atoms with Gasteiger partial charge in [0.05, 0.1) is 17.2 Å². The predicted octanol–water partition coefficient (Wildman–Crippen LogP) is 13.6. The van der Waals surface area contributed by atoms with E-state index in [1.807, 2.05) is 52.1 Å². The maximum Gasteiger partial charge on any atom is 0.238 e. The van der Waals surface area contributed by atoms with Crippen LogP contribution >= 0.6 is 0 Å². The van der Waals surface area contributed by atoms with Crippen molar-refractivity contribution >= 4 is 22.3 Å². The summed E-state index contributed by atoms with van der Waals surface area (Å²) in [6.45, 7) is 25.4. The SMILES string of the molecule is C=C(C1=C(c2cc(CCCC#N)c(-c3cc(O)cc4ccccc34)c(F)c2CCC)C2(CCCNC2)C(=O)N1C)C(C)CC.CC.CCCCC(CC)C(C)CC. The van der Waals surface area contributed by atoms with Crippen LogP contribution in [0.4, 0.5) is 4.39 Å². The maximum atomic E-state index is 17.5. The summed E-state index contributed by atoms with van der Waals surface area (Å²) < 4.78 is 17.5. The normalized spacial score (nSPS) is 18.1. The van der Waals surface area contributed by atoms with Gasteiger partial charge in [-0.05, 0) is 114 Å². The molecule has 1 saturated heterocycles. The first-order chi connectivity index (χ1) is 27.5. The molecule has 4 unspecified atom stereocenters. The highest BCUT2D eigenvalue weighted by Gasteiger charge is 2.53. The van der Waals surface area contributed by atoms with Gasteiger partial charge in [0.1, 0.15) is 11.6 Å². The second-order valence-electron chi connectivity index (χ2n) is 16.2. The summed E-state index contributed by atoms with van der Waals surface area (Å²) in [5, 5.41) is 25.3.